The van der Waals surface area contributed by atoms with Gasteiger partial charge < -0.3 is 14.2 Å². The van der Waals surface area contributed by atoms with Crippen LogP contribution in [0.25, 0.3) is 44.4 Å². The van der Waals surface area contributed by atoms with Crippen molar-refractivity contribution in [1.29, 1.82) is 0 Å². The molecular weight excluding hydrogens is 799 g/mol. The molecule has 0 radical (unpaired) electrons. The van der Waals surface area contributed by atoms with Gasteiger partial charge in [0.1, 0.15) is 28.4 Å². The molecule has 2 atom stereocenters. The van der Waals surface area contributed by atoms with Crippen LogP contribution in [-0.2, 0) is 23.9 Å². The van der Waals surface area contributed by atoms with Gasteiger partial charge in [0.2, 0.25) is 0 Å². The van der Waals surface area contributed by atoms with Gasteiger partial charge in [-0.1, -0.05) is 11.2 Å². The largest absolute Gasteiger partial charge is 0.438 e. The van der Waals surface area contributed by atoms with Crippen molar-refractivity contribution < 1.29 is 22.8 Å². The van der Waals surface area contributed by atoms with E-state index in [9.17, 15) is 14.0 Å². The molecule has 8 aromatic rings. The summed E-state index contributed by atoms with van der Waals surface area (Å²) in [5.41, 5.74) is 3.29. The summed E-state index contributed by atoms with van der Waals surface area (Å²) in [6.45, 7) is 7.32. The third-order valence-electron chi connectivity index (χ3n) is 13.1. The Kier molecular flexibility index (Phi) is 8.33. The number of carbonyl (C=O) groups is 1. The average Bonchev–Trinajstić information content (AvgIpc) is 3.71. The maximum atomic E-state index is 16.0. The number of nitrogens with zero attached hydrogens (tertiary/aromatic N) is 9. The van der Waals surface area contributed by atoms with E-state index in [1.54, 1.807) is 45.7 Å². The molecule has 2 fully saturated rings. The summed E-state index contributed by atoms with van der Waals surface area (Å²) in [5, 5.41) is 14.4. The van der Waals surface area contributed by atoms with Crippen LogP contribution in [-0.4, -0.2) is 73.0 Å². The normalized spacial score (nSPS) is 19.4. The van der Waals surface area contributed by atoms with Crippen LogP contribution in [0, 0.1) is 11.6 Å². The Hall–Kier alpha value is -6.88. The third kappa shape index (κ3) is 5.77. The van der Waals surface area contributed by atoms with Crippen molar-refractivity contribution in [2.75, 3.05) is 13.2 Å². The van der Waals surface area contributed by atoms with Crippen molar-refractivity contribution >= 4 is 27.7 Å². The Balaban J connectivity index is 1.04. The molecule has 15 nitrogen and oxygen atoms in total. The number of imidazole rings is 1. The van der Waals surface area contributed by atoms with Crippen LogP contribution in [0.2, 0.25) is 0 Å². The fraction of sp³-hybridized carbons (Fsp3) is 0.333. The maximum Gasteiger partial charge on any atom is 0.438 e. The van der Waals surface area contributed by atoms with E-state index in [0.717, 1.165) is 29.3 Å². The number of ether oxygens (including phenoxy) is 1. The molecule has 1 amide bonds. The van der Waals surface area contributed by atoms with Crippen LogP contribution in [0.3, 0.4) is 0 Å². The second-order valence-electron chi connectivity index (χ2n) is 17.4. The number of aromatic nitrogens is 9. The summed E-state index contributed by atoms with van der Waals surface area (Å²) in [6.07, 6.45) is 7.46. The number of carbonyl (C=O) groups excluding carboxylic acids is 1. The number of aromatic amines is 1. The third-order valence-corrected chi connectivity index (χ3v) is 13.1. The first-order valence-corrected chi connectivity index (χ1v) is 20.8. The Morgan fingerprint density at radius 1 is 0.952 bits per heavy atom. The molecular formula is C45H42F2N10O5. The van der Waals surface area contributed by atoms with Gasteiger partial charge in [-0.3, -0.25) is 32.8 Å². The molecule has 11 rings (SSSR count). The van der Waals surface area contributed by atoms with E-state index in [-0.39, 0.29) is 41.6 Å². The monoisotopic (exact) mass is 840 g/mol. The highest BCUT2D eigenvalue weighted by Crippen LogP contribution is 2.51. The van der Waals surface area contributed by atoms with Crippen LogP contribution < -0.4 is 11.4 Å². The predicted molar refractivity (Wildman–Crippen MR) is 224 cm³/mol. The molecule has 7 heterocycles. The van der Waals surface area contributed by atoms with Crippen LogP contribution in [0.5, 0.6) is 0 Å². The van der Waals surface area contributed by atoms with Gasteiger partial charge in [0, 0.05) is 49.1 Å². The summed E-state index contributed by atoms with van der Waals surface area (Å²) in [5.74, 6) is -1.35. The summed E-state index contributed by atoms with van der Waals surface area (Å²) in [4.78, 5) is 46.7. The standard InChI is InChI=1S/C45H42F2N10O5/c1-25-38-39(55-17-16-54(43(55)60)34-12-11-33-31(36(34)47)24-48-52(33)4)37(26-5-8-30(46)9-6-26)50-56(38)19-18-53(25)40(58)35-22-29-21-27(28-13-20-61-44(2,3)23-28)7-10-32(29)57(35)45(14-15-45)41-49-42(59)62-51-41/h5-12,16-17,21-22,24-25,28H,13-15,18-20,23H2,1-4H3,(H,49,51,59)/t25-,28+/m0/s1. The molecule has 3 aliphatic rings. The summed E-state index contributed by atoms with van der Waals surface area (Å²) < 4.78 is 49.3. The second-order valence-corrected chi connectivity index (χ2v) is 17.4. The minimum absolute atomic E-state index is 0.0439. The van der Waals surface area contributed by atoms with Crippen LogP contribution in [0.1, 0.15) is 86.0 Å². The Morgan fingerprint density at radius 2 is 1.73 bits per heavy atom. The molecule has 0 bridgehead atoms. The van der Waals surface area contributed by atoms with Gasteiger partial charge in [0.15, 0.2) is 11.6 Å². The van der Waals surface area contributed by atoms with Gasteiger partial charge in [0.05, 0.1) is 46.7 Å². The van der Waals surface area contributed by atoms with Crippen molar-refractivity contribution in [3.63, 3.8) is 0 Å². The molecule has 1 aliphatic carbocycles. The van der Waals surface area contributed by atoms with Crippen molar-refractivity contribution in [2.45, 2.75) is 76.1 Å². The number of H-pyrrole nitrogens is 1. The van der Waals surface area contributed by atoms with E-state index in [0.29, 0.717) is 59.1 Å². The topological polar surface area (TPSA) is 156 Å². The SMILES string of the molecule is C[C@H]1c2c(-n3ccn(-c4ccc5c(cnn5C)c4F)c3=O)c(-c3ccc(F)cc3)nn2CCN1C(=O)c1cc2cc([C@@H]3CCOC(C)(C)C3)ccc2n1C1(c2noc(=O)[nH]2)CC1. The van der Waals surface area contributed by atoms with Crippen molar-refractivity contribution in [1.82, 2.24) is 48.3 Å². The number of hydrogen-bond acceptors (Lipinski definition) is 8. The van der Waals surface area contributed by atoms with Crippen molar-refractivity contribution in [3.05, 3.63) is 135 Å². The molecule has 0 spiro atoms. The molecule has 1 saturated carbocycles. The van der Waals surface area contributed by atoms with Gasteiger partial charge in [-0.25, -0.2) is 18.4 Å². The number of benzene rings is 3. The van der Waals surface area contributed by atoms with Gasteiger partial charge in [-0.2, -0.15) is 10.2 Å². The van der Waals surface area contributed by atoms with Crippen molar-refractivity contribution in [2.24, 2.45) is 7.05 Å². The minimum atomic E-state index is -0.812. The lowest BCUT2D eigenvalue weighted by atomic mass is 9.83. The summed E-state index contributed by atoms with van der Waals surface area (Å²) in [6, 6.07) is 16.7. The number of amides is 1. The zero-order valence-corrected chi connectivity index (χ0v) is 34.4. The van der Waals surface area contributed by atoms with Gasteiger partial charge in [-0.05, 0) is 113 Å². The molecule has 62 heavy (non-hydrogen) atoms. The number of fused-ring (bicyclic) bond motifs is 3. The van der Waals surface area contributed by atoms with Crippen LogP contribution in [0.4, 0.5) is 8.78 Å². The predicted octanol–water partition coefficient (Wildman–Crippen LogP) is 6.71. The summed E-state index contributed by atoms with van der Waals surface area (Å²) in [7, 11) is 1.71. The smallest absolute Gasteiger partial charge is 0.376 e. The highest BCUT2D eigenvalue weighted by atomic mass is 19.1. The highest BCUT2D eigenvalue weighted by Gasteiger charge is 2.52. The second kappa shape index (κ2) is 13.6. The molecule has 1 N–H and O–H groups in total. The number of hydrogen-bond donors (Lipinski definition) is 1. The highest BCUT2D eigenvalue weighted by molar-refractivity contribution is 6.00. The number of rotatable bonds is 7. The maximum absolute atomic E-state index is 16.0. The molecule has 2 aliphatic heterocycles. The lowest BCUT2D eigenvalue weighted by Gasteiger charge is -2.35. The van der Waals surface area contributed by atoms with E-state index >= 15 is 9.18 Å². The first-order valence-electron chi connectivity index (χ1n) is 20.8. The zero-order chi connectivity index (χ0) is 42.8. The molecule has 17 heteroatoms. The van der Waals surface area contributed by atoms with Gasteiger partial charge in [0.25, 0.3) is 5.91 Å². The van der Waals surface area contributed by atoms with E-state index in [4.69, 9.17) is 14.4 Å². The number of aryl methyl sites for hydroxylation is 1. The Bertz CT molecular complexity index is 3230. The molecule has 0 unspecified atom stereocenters. The van der Waals surface area contributed by atoms with Gasteiger partial charge >= 0.3 is 11.4 Å². The minimum Gasteiger partial charge on any atom is -0.376 e. The van der Waals surface area contributed by atoms with E-state index in [2.05, 4.69) is 47.3 Å². The van der Waals surface area contributed by atoms with Crippen molar-refractivity contribution in [3.8, 4) is 22.6 Å². The lowest BCUT2D eigenvalue weighted by Crippen LogP contribution is -2.43. The quantitative estimate of drug-likeness (QED) is 0.186. The van der Waals surface area contributed by atoms with E-state index in [1.165, 1.54) is 39.7 Å². The first kappa shape index (κ1) is 38.1. The molecule has 3 aromatic carbocycles. The zero-order valence-electron chi connectivity index (χ0n) is 34.4. The lowest BCUT2D eigenvalue weighted by molar-refractivity contribution is -0.0592. The van der Waals surface area contributed by atoms with Crippen LogP contribution >= 0.6 is 0 Å². The van der Waals surface area contributed by atoms with Gasteiger partial charge in [-0.15, -0.1) is 0 Å². The van der Waals surface area contributed by atoms with E-state index < -0.39 is 34.7 Å². The average molecular weight is 841 g/mol. The molecule has 1 saturated heterocycles. The summed E-state index contributed by atoms with van der Waals surface area (Å²) >= 11 is 0. The Labute approximate surface area is 351 Å². The number of nitrogens with one attached hydrogen (secondary N) is 1. The fourth-order valence-corrected chi connectivity index (χ4v) is 9.89. The molecule has 316 valence electrons. The molecule has 5 aromatic heterocycles. The van der Waals surface area contributed by atoms with E-state index in [1.807, 2.05) is 17.6 Å². The fourth-order valence-electron chi connectivity index (χ4n) is 9.89. The first-order chi connectivity index (χ1) is 29.8. The van der Waals surface area contributed by atoms with Crippen LogP contribution in [0.15, 0.2) is 93.4 Å². The Morgan fingerprint density at radius 3 is 2.47 bits per heavy atom. The number of halogens is 2.